The van der Waals surface area contributed by atoms with Crippen molar-refractivity contribution >= 4 is 0 Å². The largest absolute Gasteiger partial charge is 0.326 e. The van der Waals surface area contributed by atoms with Gasteiger partial charge in [0, 0.05) is 31.5 Å². The molecular weight excluding hydrogens is 234 g/mol. The number of rotatable bonds is 4. The summed E-state index contributed by atoms with van der Waals surface area (Å²) in [5, 5.41) is 0. The third-order valence-electron chi connectivity index (χ3n) is 4.19. The molecule has 0 radical (unpaired) electrons. The zero-order valence-corrected chi connectivity index (χ0v) is 12.4. The second-order valence-corrected chi connectivity index (χ2v) is 6.20. The van der Waals surface area contributed by atoms with Crippen LogP contribution < -0.4 is 5.73 Å². The van der Waals surface area contributed by atoms with E-state index in [1.165, 1.54) is 12.0 Å². The first-order chi connectivity index (χ1) is 9.11. The molecule has 1 saturated heterocycles. The number of aromatic nitrogens is 1. The van der Waals surface area contributed by atoms with Gasteiger partial charge in [-0.05, 0) is 36.3 Å². The van der Waals surface area contributed by atoms with E-state index in [2.05, 4.69) is 36.7 Å². The Morgan fingerprint density at radius 2 is 2.05 bits per heavy atom. The average Bonchev–Trinajstić information content (AvgIpc) is 2.39. The van der Waals surface area contributed by atoms with Gasteiger partial charge in [-0.15, -0.1) is 0 Å². The molecule has 1 aliphatic heterocycles. The van der Waals surface area contributed by atoms with Crippen LogP contribution in [0.15, 0.2) is 24.5 Å². The van der Waals surface area contributed by atoms with Crippen molar-refractivity contribution in [2.45, 2.75) is 45.7 Å². The minimum absolute atomic E-state index is 0.182. The zero-order chi connectivity index (χ0) is 13.8. The van der Waals surface area contributed by atoms with Crippen molar-refractivity contribution in [3.05, 3.63) is 30.1 Å². The van der Waals surface area contributed by atoms with Crippen LogP contribution in [0.25, 0.3) is 0 Å². The number of hydrogen-bond acceptors (Lipinski definition) is 3. The molecule has 1 aromatic heterocycles. The van der Waals surface area contributed by atoms with E-state index >= 15 is 0 Å². The number of hydrogen-bond donors (Lipinski definition) is 1. The summed E-state index contributed by atoms with van der Waals surface area (Å²) in [4.78, 5) is 6.85. The summed E-state index contributed by atoms with van der Waals surface area (Å²) in [6.45, 7) is 9.17. The standard InChI is InChI=1S/C16H27N3/c1-4-15(17)16(14-6-5-7-18-9-14)19-10-12(2)8-13(3)11-19/h5-7,9,12-13,15-16H,4,8,10-11,17H2,1-3H3. The van der Waals surface area contributed by atoms with Gasteiger partial charge in [0.05, 0.1) is 6.04 Å². The summed E-state index contributed by atoms with van der Waals surface area (Å²) in [5.41, 5.74) is 7.66. The number of nitrogens with zero attached hydrogens (tertiary/aromatic N) is 2. The monoisotopic (exact) mass is 261 g/mol. The van der Waals surface area contributed by atoms with Crippen molar-refractivity contribution in [1.29, 1.82) is 0 Å². The van der Waals surface area contributed by atoms with E-state index in [4.69, 9.17) is 5.73 Å². The van der Waals surface area contributed by atoms with Gasteiger partial charge in [-0.3, -0.25) is 9.88 Å². The molecule has 2 heterocycles. The Morgan fingerprint density at radius 1 is 1.37 bits per heavy atom. The summed E-state index contributed by atoms with van der Waals surface area (Å²) in [5.74, 6) is 1.51. The molecule has 106 valence electrons. The molecule has 0 amide bonds. The van der Waals surface area contributed by atoms with Crippen molar-refractivity contribution in [3.8, 4) is 0 Å². The molecule has 2 rings (SSSR count). The molecule has 0 spiro atoms. The van der Waals surface area contributed by atoms with Gasteiger partial charge in [0.1, 0.15) is 0 Å². The fourth-order valence-corrected chi connectivity index (χ4v) is 3.44. The van der Waals surface area contributed by atoms with Crippen molar-refractivity contribution in [2.24, 2.45) is 17.6 Å². The van der Waals surface area contributed by atoms with E-state index in [1.54, 1.807) is 0 Å². The molecule has 3 nitrogen and oxygen atoms in total. The third kappa shape index (κ3) is 3.54. The van der Waals surface area contributed by atoms with Gasteiger partial charge in [-0.2, -0.15) is 0 Å². The normalized spacial score (nSPS) is 28.0. The Hall–Kier alpha value is -0.930. The lowest BCUT2D eigenvalue weighted by Crippen LogP contribution is -2.47. The maximum atomic E-state index is 6.40. The van der Waals surface area contributed by atoms with Crippen molar-refractivity contribution in [3.63, 3.8) is 0 Å². The van der Waals surface area contributed by atoms with E-state index in [9.17, 15) is 0 Å². The molecule has 1 aliphatic rings. The van der Waals surface area contributed by atoms with E-state index in [-0.39, 0.29) is 6.04 Å². The predicted molar refractivity (Wildman–Crippen MR) is 79.8 cm³/mol. The van der Waals surface area contributed by atoms with E-state index < -0.39 is 0 Å². The third-order valence-corrected chi connectivity index (χ3v) is 4.19. The minimum Gasteiger partial charge on any atom is -0.326 e. The van der Waals surface area contributed by atoms with Gasteiger partial charge in [-0.25, -0.2) is 0 Å². The molecule has 0 saturated carbocycles. The Bertz CT molecular complexity index is 369. The zero-order valence-electron chi connectivity index (χ0n) is 12.4. The molecule has 4 unspecified atom stereocenters. The minimum atomic E-state index is 0.182. The average molecular weight is 261 g/mol. The Morgan fingerprint density at radius 3 is 2.58 bits per heavy atom. The highest BCUT2D eigenvalue weighted by Gasteiger charge is 2.31. The molecule has 19 heavy (non-hydrogen) atoms. The maximum Gasteiger partial charge on any atom is 0.0514 e. The molecule has 0 aromatic carbocycles. The predicted octanol–water partition coefficient (Wildman–Crippen LogP) is 2.84. The van der Waals surface area contributed by atoms with E-state index in [0.29, 0.717) is 6.04 Å². The summed E-state index contributed by atoms with van der Waals surface area (Å²) in [7, 11) is 0. The van der Waals surface area contributed by atoms with Crippen LogP contribution in [0, 0.1) is 11.8 Å². The number of likely N-dealkylation sites (tertiary alicyclic amines) is 1. The van der Waals surface area contributed by atoms with Crippen molar-refractivity contribution in [1.82, 2.24) is 9.88 Å². The SMILES string of the molecule is CCC(N)C(c1cccnc1)N1CC(C)CC(C)C1. The van der Waals surface area contributed by atoms with Gasteiger partial charge in [0.25, 0.3) is 0 Å². The van der Waals surface area contributed by atoms with Gasteiger partial charge in [0.15, 0.2) is 0 Å². The lowest BCUT2D eigenvalue weighted by Gasteiger charge is -2.42. The van der Waals surface area contributed by atoms with Crippen LogP contribution in [-0.2, 0) is 0 Å². The first-order valence-electron chi connectivity index (χ1n) is 7.51. The van der Waals surface area contributed by atoms with Crippen molar-refractivity contribution < 1.29 is 0 Å². The number of nitrogens with two attached hydrogens (primary N) is 1. The second kappa shape index (κ2) is 6.49. The Kier molecular flexibility index (Phi) is 4.94. The molecule has 1 fully saturated rings. The summed E-state index contributed by atoms with van der Waals surface area (Å²) < 4.78 is 0. The van der Waals surface area contributed by atoms with Gasteiger partial charge in [-0.1, -0.05) is 26.8 Å². The highest BCUT2D eigenvalue weighted by atomic mass is 15.2. The van der Waals surface area contributed by atoms with Crippen LogP contribution in [0.2, 0.25) is 0 Å². The Balaban J connectivity index is 2.23. The highest BCUT2D eigenvalue weighted by molar-refractivity contribution is 5.16. The topological polar surface area (TPSA) is 42.1 Å². The molecule has 0 bridgehead atoms. The summed E-state index contributed by atoms with van der Waals surface area (Å²) in [6, 6.07) is 4.67. The van der Waals surface area contributed by atoms with Crippen LogP contribution in [0.4, 0.5) is 0 Å². The smallest absolute Gasteiger partial charge is 0.0514 e. The molecule has 3 heteroatoms. The molecular formula is C16H27N3. The summed E-state index contributed by atoms with van der Waals surface area (Å²) in [6.07, 6.45) is 6.14. The van der Waals surface area contributed by atoms with Crippen LogP contribution >= 0.6 is 0 Å². The number of piperidine rings is 1. The quantitative estimate of drug-likeness (QED) is 0.906. The second-order valence-electron chi connectivity index (χ2n) is 6.20. The van der Waals surface area contributed by atoms with E-state index in [1.807, 2.05) is 18.5 Å². The molecule has 0 aliphatic carbocycles. The lowest BCUT2D eigenvalue weighted by molar-refractivity contribution is 0.0809. The first-order valence-corrected chi connectivity index (χ1v) is 7.51. The van der Waals surface area contributed by atoms with E-state index in [0.717, 1.165) is 31.3 Å². The fraction of sp³-hybridized carbons (Fsp3) is 0.688. The van der Waals surface area contributed by atoms with Crippen LogP contribution in [-0.4, -0.2) is 29.0 Å². The summed E-state index contributed by atoms with van der Waals surface area (Å²) >= 11 is 0. The molecule has 2 N–H and O–H groups in total. The van der Waals surface area contributed by atoms with Crippen LogP contribution in [0.1, 0.15) is 45.2 Å². The molecule has 4 atom stereocenters. The fourth-order valence-electron chi connectivity index (χ4n) is 3.44. The van der Waals surface area contributed by atoms with Gasteiger partial charge in [0.2, 0.25) is 0 Å². The number of pyridine rings is 1. The van der Waals surface area contributed by atoms with Gasteiger partial charge < -0.3 is 5.73 Å². The molecule has 1 aromatic rings. The van der Waals surface area contributed by atoms with Gasteiger partial charge >= 0.3 is 0 Å². The van der Waals surface area contributed by atoms with Crippen LogP contribution in [0.3, 0.4) is 0 Å². The first kappa shape index (κ1) is 14.5. The maximum absolute atomic E-state index is 6.40. The highest BCUT2D eigenvalue weighted by Crippen LogP contribution is 2.31. The Labute approximate surface area is 117 Å². The van der Waals surface area contributed by atoms with Crippen LogP contribution in [0.5, 0.6) is 0 Å². The van der Waals surface area contributed by atoms with Crippen molar-refractivity contribution in [2.75, 3.05) is 13.1 Å². The lowest BCUT2D eigenvalue weighted by atomic mass is 9.88.